The third-order valence-corrected chi connectivity index (χ3v) is 6.36. The lowest BCUT2D eigenvalue weighted by Crippen LogP contribution is -2.03. The molecule has 1 nitrogen and oxygen atoms in total. The summed E-state index contributed by atoms with van der Waals surface area (Å²) in [6.07, 6.45) is -8.97. The topological polar surface area (TPSA) is 17.1 Å². The number of carbonyl (C=O) groups excluding carboxylic acids is 1. The zero-order chi connectivity index (χ0) is 20.3. The van der Waals surface area contributed by atoms with Crippen LogP contribution in [0.3, 0.4) is 0 Å². The summed E-state index contributed by atoms with van der Waals surface area (Å²) in [7, 11) is 0. The highest BCUT2D eigenvalue weighted by atomic mass is 32.1. The first-order chi connectivity index (χ1) is 13.0. The maximum absolute atomic E-state index is 12.8. The number of halogens is 6. The maximum atomic E-state index is 12.8. The lowest BCUT2D eigenvalue weighted by atomic mass is 10.1. The molecule has 4 rings (SSSR count). The second-order valence-corrected chi connectivity index (χ2v) is 8.22. The van der Waals surface area contributed by atoms with Crippen LogP contribution in [-0.2, 0) is 12.4 Å². The molecule has 0 amide bonds. The van der Waals surface area contributed by atoms with Gasteiger partial charge in [0.25, 0.3) is 0 Å². The first-order valence-corrected chi connectivity index (χ1v) is 9.42. The molecule has 144 valence electrons. The molecule has 0 N–H and O–H groups in total. The summed E-state index contributed by atoms with van der Waals surface area (Å²) < 4.78 is 78.1. The van der Waals surface area contributed by atoms with Gasteiger partial charge >= 0.3 is 12.4 Å². The Morgan fingerprint density at radius 1 is 0.643 bits per heavy atom. The van der Waals surface area contributed by atoms with E-state index in [0.29, 0.717) is 20.2 Å². The van der Waals surface area contributed by atoms with Crippen molar-refractivity contribution in [3.63, 3.8) is 0 Å². The molecular formula is C19H8F6OS2. The number of rotatable bonds is 2. The average Bonchev–Trinajstić information content (AvgIpc) is 3.22. The van der Waals surface area contributed by atoms with E-state index >= 15 is 0 Å². The van der Waals surface area contributed by atoms with Gasteiger partial charge in [-0.25, -0.2) is 0 Å². The number of carbonyl (C=O) groups is 1. The van der Waals surface area contributed by atoms with Crippen molar-refractivity contribution in [2.24, 2.45) is 0 Å². The van der Waals surface area contributed by atoms with Crippen molar-refractivity contribution in [2.45, 2.75) is 12.4 Å². The lowest BCUT2D eigenvalue weighted by Gasteiger charge is -2.05. The van der Waals surface area contributed by atoms with Crippen LogP contribution < -0.4 is 0 Å². The third-order valence-electron chi connectivity index (χ3n) is 4.13. The Balaban J connectivity index is 1.72. The molecule has 0 aliphatic rings. The van der Waals surface area contributed by atoms with Gasteiger partial charge in [0.2, 0.25) is 5.78 Å². The molecule has 0 saturated carbocycles. The van der Waals surface area contributed by atoms with Crippen LogP contribution >= 0.6 is 22.7 Å². The first-order valence-electron chi connectivity index (χ1n) is 7.79. The maximum Gasteiger partial charge on any atom is 0.416 e. The van der Waals surface area contributed by atoms with Crippen molar-refractivity contribution >= 4 is 48.6 Å². The number of fused-ring (bicyclic) bond motifs is 2. The van der Waals surface area contributed by atoms with E-state index in [0.717, 1.165) is 46.9 Å². The number of thiophene rings is 2. The highest BCUT2D eigenvalue weighted by molar-refractivity contribution is 7.24. The summed E-state index contributed by atoms with van der Waals surface area (Å²) in [6.45, 7) is 0. The van der Waals surface area contributed by atoms with Gasteiger partial charge in [-0.05, 0) is 59.3 Å². The van der Waals surface area contributed by atoms with Crippen molar-refractivity contribution in [3.8, 4) is 0 Å². The summed E-state index contributed by atoms with van der Waals surface area (Å²) in [4.78, 5) is 13.2. The minimum atomic E-state index is -4.48. The molecule has 28 heavy (non-hydrogen) atoms. The van der Waals surface area contributed by atoms with Gasteiger partial charge in [-0.1, -0.05) is 0 Å². The molecule has 4 aromatic rings. The zero-order valence-electron chi connectivity index (χ0n) is 13.6. The Morgan fingerprint density at radius 3 is 1.39 bits per heavy atom. The zero-order valence-corrected chi connectivity index (χ0v) is 15.2. The second-order valence-electron chi connectivity index (χ2n) is 6.05. The molecule has 9 heteroatoms. The fourth-order valence-corrected chi connectivity index (χ4v) is 4.84. The fraction of sp³-hybridized carbons (Fsp3) is 0.105. The molecule has 0 unspecified atom stereocenters. The van der Waals surface area contributed by atoms with E-state index in [1.54, 1.807) is 0 Å². The number of alkyl halides is 6. The Kier molecular flexibility index (Phi) is 4.27. The average molecular weight is 430 g/mol. The van der Waals surface area contributed by atoms with Gasteiger partial charge in [-0.15, -0.1) is 22.7 Å². The lowest BCUT2D eigenvalue weighted by molar-refractivity contribution is -0.138. The van der Waals surface area contributed by atoms with Crippen LogP contribution in [0.4, 0.5) is 26.3 Å². The van der Waals surface area contributed by atoms with Crippen LogP contribution in [-0.4, -0.2) is 5.78 Å². The molecule has 0 atom stereocenters. The van der Waals surface area contributed by atoms with Crippen molar-refractivity contribution in [2.75, 3.05) is 0 Å². The Hall–Kier alpha value is -2.39. The summed E-state index contributed by atoms with van der Waals surface area (Å²) in [5.41, 5.74) is -1.61. The monoisotopic (exact) mass is 430 g/mol. The van der Waals surface area contributed by atoms with Gasteiger partial charge in [-0.3, -0.25) is 4.79 Å². The smallest absolute Gasteiger partial charge is 0.287 e. The van der Waals surface area contributed by atoms with Crippen LogP contribution in [0.15, 0.2) is 48.5 Å². The van der Waals surface area contributed by atoms with Crippen LogP contribution in [0.2, 0.25) is 0 Å². The van der Waals surface area contributed by atoms with Gasteiger partial charge in [0.15, 0.2) is 0 Å². The predicted octanol–water partition coefficient (Wildman–Crippen LogP) is 7.38. The standard InChI is InChI=1S/C19H8F6OS2/c20-18(21,22)11-1-3-13-9(5-11)7-15(27-13)17(26)16-8-10-6-12(19(23,24)25)2-4-14(10)28-16/h1-8H. The normalized spacial score (nSPS) is 12.8. The number of hydrogen-bond acceptors (Lipinski definition) is 3. The van der Waals surface area contributed by atoms with Crippen LogP contribution in [0.5, 0.6) is 0 Å². The van der Waals surface area contributed by atoms with E-state index in [1.165, 1.54) is 24.3 Å². The largest absolute Gasteiger partial charge is 0.416 e. The summed E-state index contributed by atoms with van der Waals surface area (Å²) >= 11 is 2.09. The molecule has 0 spiro atoms. The van der Waals surface area contributed by atoms with E-state index in [1.807, 2.05) is 0 Å². The van der Waals surface area contributed by atoms with Gasteiger partial charge in [0, 0.05) is 9.40 Å². The van der Waals surface area contributed by atoms with Gasteiger partial charge < -0.3 is 0 Å². The van der Waals surface area contributed by atoms with Crippen LogP contribution in [0, 0.1) is 0 Å². The van der Waals surface area contributed by atoms with E-state index in [2.05, 4.69) is 0 Å². The molecule has 0 saturated heterocycles. The molecule has 2 heterocycles. The Labute approximate surface area is 161 Å². The quantitative estimate of drug-likeness (QED) is 0.239. The van der Waals surface area contributed by atoms with Crippen molar-refractivity contribution in [1.82, 2.24) is 0 Å². The Morgan fingerprint density at radius 2 is 1.04 bits per heavy atom. The SMILES string of the molecule is O=C(c1cc2cc(C(F)(F)F)ccc2s1)c1cc2cc(C(F)(F)F)ccc2s1. The molecule has 2 aromatic heterocycles. The molecule has 0 aliphatic heterocycles. The van der Waals surface area contributed by atoms with E-state index in [4.69, 9.17) is 0 Å². The molecule has 0 aliphatic carbocycles. The minimum absolute atomic E-state index is 0.233. The van der Waals surface area contributed by atoms with Crippen molar-refractivity contribution < 1.29 is 31.1 Å². The minimum Gasteiger partial charge on any atom is -0.287 e. The summed E-state index contributed by atoms with van der Waals surface area (Å²) in [6, 6.07) is 9.22. The number of hydrogen-bond donors (Lipinski definition) is 0. The highest BCUT2D eigenvalue weighted by Crippen LogP contribution is 2.37. The first kappa shape index (κ1) is 18.9. The summed E-state index contributed by atoms with van der Waals surface area (Å²) in [5.74, 6) is -0.426. The van der Waals surface area contributed by atoms with E-state index < -0.39 is 29.3 Å². The highest BCUT2D eigenvalue weighted by Gasteiger charge is 2.31. The van der Waals surface area contributed by atoms with Crippen LogP contribution in [0.1, 0.15) is 25.7 Å². The van der Waals surface area contributed by atoms with Crippen molar-refractivity contribution in [3.05, 3.63) is 69.4 Å². The molecular weight excluding hydrogens is 422 g/mol. The molecule has 0 radical (unpaired) electrons. The summed E-state index contributed by atoms with van der Waals surface area (Å²) in [5, 5.41) is 0.590. The van der Waals surface area contributed by atoms with E-state index in [9.17, 15) is 31.1 Å². The third kappa shape index (κ3) is 3.40. The van der Waals surface area contributed by atoms with Gasteiger partial charge in [0.1, 0.15) is 0 Å². The number of ketones is 1. The molecule has 0 fully saturated rings. The predicted molar refractivity (Wildman–Crippen MR) is 97.1 cm³/mol. The molecule has 0 bridgehead atoms. The second kappa shape index (κ2) is 6.31. The van der Waals surface area contributed by atoms with Crippen LogP contribution in [0.25, 0.3) is 20.2 Å². The van der Waals surface area contributed by atoms with Gasteiger partial charge in [0.05, 0.1) is 20.9 Å². The van der Waals surface area contributed by atoms with E-state index in [-0.39, 0.29) is 9.75 Å². The van der Waals surface area contributed by atoms with Gasteiger partial charge in [-0.2, -0.15) is 26.3 Å². The molecule has 2 aromatic carbocycles. The number of benzene rings is 2. The van der Waals surface area contributed by atoms with Crippen molar-refractivity contribution in [1.29, 1.82) is 0 Å². The fourth-order valence-electron chi connectivity index (χ4n) is 2.78. The Bertz CT molecular complexity index is 1120.